The van der Waals surface area contributed by atoms with Gasteiger partial charge in [0, 0.05) is 12.6 Å². The molecule has 0 radical (unpaired) electrons. The van der Waals surface area contributed by atoms with Crippen LogP contribution < -0.4 is 10.6 Å². The van der Waals surface area contributed by atoms with E-state index in [9.17, 15) is 0 Å². The normalized spacial score (nSPS) is 25.3. The van der Waals surface area contributed by atoms with Crippen LogP contribution in [-0.2, 0) is 0 Å². The molecule has 1 unspecified atom stereocenters. The molecular formula is C7H13N3. The Kier molecular flexibility index (Phi) is 3.04. The van der Waals surface area contributed by atoms with E-state index in [2.05, 4.69) is 10.6 Å². The molecule has 3 nitrogen and oxygen atoms in total. The number of hydrogen-bond donors (Lipinski definition) is 2. The zero-order chi connectivity index (χ0) is 7.23. The van der Waals surface area contributed by atoms with Gasteiger partial charge in [0.1, 0.15) is 0 Å². The first-order chi connectivity index (χ1) is 4.93. The predicted molar refractivity (Wildman–Crippen MR) is 39.3 cm³/mol. The number of nitrogens with one attached hydrogen (secondary N) is 2. The van der Waals surface area contributed by atoms with Crippen LogP contribution >= 0.6 is 0 Å². The van der Waals surface area contributed by atoms with E-state index in [-0.39, 0.29) is 0 Å². The molecule has 0 amide bonds. The first-order valence-corrected chi connectivity index (χ1v) is 3.79. The minimum atomic E-state index is 0.522. The Morgan fingerprint density at radius 3 is 3.10 bits per heavy atom. The molecule has 1 fully saturated rings. The van der Waals surface area contributed by atoms with Crippen LogP contribution in [0.15, 0.2) is 0 Å². The van der Waals surface area contributed by atoms with Crippen LogP contribution in [0, 0.1) is 11.5 Å². The van der Waals surface area contributed by atoms with Crippen molar-refractivity contribution in [1.82, 2.24) is 10.6 Å². The topological polar surface area (TPSA) is 47.9 Å². The van der Waals surface area contributed by atoms with Crippen LogP contribution in [0.2, 0.25) is 0 Å². The molecule has 0 bridgehead atoms. The lowest BCUT2D eigenvalue weighted by Gasteiger charge is -2.22. The number of nitrogens with zero attached hydrogens (tertiary/aromatic N) is 1. The number of hydrogen-bond acceptors (Lipinski definition) is 3. The Hall–Kier alpha value is -0.750. The van der Waals surface area contributed by atoms with Crippen LogP contribution in [0.4, 0.5) is 0 Å². The monoisotopic (exact) mass is 139 g/mol. The Morgan fingerprint density at radius 2 is 2.50 bits per heavy atom. The first kappa shape index (κ1) is 7.36. The minimum Gasteiger partial charge on any atom is -0.322 e. The van der Waals surface area contributed by atoms with Gasteiger partial charge in [-0.05, 0) is 19.4 Å². The molecule has 0 aliphatic carbocycles. The van der Waals surface area contributed by atoms with Gasteiger partial charge < -0.3 is 10.6 Å². The molecular weight excluding hydrogens is 126 g/mol. The van der Waals surface area contributed by atoms with Gasteiger partial charge in [0.05, 0.1) is 0 Å². The highest BCUT2D eigenvalue weighted by molar-refractivity contribution is 4.77. The van der Waals surface area contributed by atoms with E-state index >= 15 is 0 Å². The van der Waals surface area contributed by atoms with Gasteiger partial charge in [-0.25, -0.2) is 0 Å². The van der Waals surface area contributed by atoms with Crippen molar-refractivity contribution in [2.75, 3.05) is 13.1 Å². The van der Waals surface area contributed by atoms with Gasteiger partial charge in [0.25, 0.3) is 0 Å². The van der Waals surface area contributed by atoms with Crippen molar-refractivity contribution in [3.8, 4) is 6.19 Å². The Labute approximate surface area is 61.4 Å². The number of rotatable bonds is 2. The summed E-state index contributed by atoms with van der Waals surface area (Å²) in [6.45, 7) is 1.90. The summed E-state index contributed by atoms with van der Waals surface area (Å²) in [7, 11) is 0. The molecule has 1 aliphatic heterocycles. The van der Waals surface area contributed by atoms with Crippen molar-refractivity contribution in [3.05, 3.63) is 0 Å². The second-order valence-corrected chi connectivity index (χ2v) is 2.64. The maximum absolute atomic E-state index is 8.21. The van der Waals surface area contributed by atoms with E-state index < -0.39 is 0 Å². The van der Waals surface area contributed by atoms with Gasteiger partial charge >= 0.3 is 0 Å². The maximum atomic E-state index is 8.21. The molecule has 1 heterocycles. The van der Waals surface area contributed by atoms with Gasteiger partial charge in [0.15, 0.2) is 6.19 Å². The lowest BCUT2D eigenvalue weighted by Crippen LogP contribution is -2.40. The molecule has 1 rings (SSSR count). The Bertz CT molecular complexity index is 121. The molecule has 0 aromatic carbocycles. The van der Waals surface area contributed by atoms with E-state index in [1.54, 1.807) is 0 Å². The van der Waals surface area contributed by atoms with E-state index in [1.165, 1.54) is 19.3 Å². The van der Waals surface area contributed by atoms with Crippen LogP contribution in [0.3, 0.4) is 0 Å². The van der Waals surface area contributed by atoms with Crippen molar-refractivity contribution in [2.24, 2.45) is 0 Å². The van der Waals surface area contributed by atoms with Crippen molar-refractivity contribution in [1.29, 1.82) is 5.26 Å². The highest BCUT2D eigenvalue weighted by Gasteiger charge is 2.10. The van der Waals surface area contributed by atoms with Crippen LogP contribution in [-0.4, -0.2) is 19.1 Å². The van der Waals surface area contributed by atoms with Gasteiger partial charge in [0.2, 0.25) is 0 Å². The zero-order valence-corrected chi connectivity index (χ0v) is 6.06. The third kappa shape index (κ3) is 2.24. The quantitative estimate of drug-likeness (QED) is 0.424. The van der Waals surface area contributed by atoms with Crippen molar-refractivity contribution < 1.29 is 0 Å². The van der Waals surface area contributed by atoms with E-state index in [1.807, 2.05) is 6.19 Å². The van der Waals surface area contributed by atoms with Crippen molar-refractivity contribution in [3.63, 3.8) is 0 Å². The smallest absolute Gasteiger partial charge is 0.176 e. The lowest BCUT2D eigenvalue weighted by atomic mass is 10.1. The SMILES string of the molecule is N#CNCC1CCCCN1. The Balaban J connectivity index is 2.09. The molecule has 1 aliphatic rings. The fourth-order valence-electron chi connectivity index (χ4n) is 1.27. The van der Waals surface area contributed by atoms with E-state index in [4.69, 9.17) is 5.26 Å². The molecule has 3 heteroatoms. The second-order valence-electron chi connectivity index (χ2n) is 2.64. The average molecular weight is 139 g/mol. The highest BCUT2D eigenvalue weighted by Crippen LogP contribution is 2.05. The average Bonchev–Trinajstić information content (AvgIpc) is 2.03. The summed E-state index contributed by atoms with van der Waals surface area (Å²) in [6, 6.07) is 0.522. The van der Waals surface area contributed by atoms with Crippen LogP contribution in [0.1, 0.15) is 19.3 Å². The highest BCUT2D eigenvalue weighted by atomic mass is 15.0. The Morgan fingerprint density at radius 1 is 1.60 bits per heavy atom. The fraction of sp³-hybridized carbons (Fsp3) is 0.857. The maximum Gasteiger partial charge on any atom is 0.176 e. The van der Waals surface area contributed by atoms with E-state index in [0.717, 1.165) is 13.1 Å². The molecule has 1 atom stereocenters. The summed E-state index contributed by atoms with van der Waals surface area (Å²) < 4.78 is 0. The molecule has 0 saturated carbocycles. The molecule has 0 aromatic rings. The molecule has 10 heavy (non-hydrogen) atoms. The van der Waals surface area contributed by atoms with E-state index in [0.29, 0.717) is 6.04 Å². The number of nitriles is 1. The van der Waals surface area contributed by atoms with Crippen molar-refractivity contribution in [2.45, 2.75) is 25.3 Å². The van der Waals surface area contributed by atoms with Gasteiger partial charge in [-0.2, -0.15) is 5.26 Å². The fourth-order valence-corrected chi connectivity index (χ4v) is 1.27. The van der Waals surface area contributed by atoms with Gasteiger partial charge in [-0.1, -0.05) is 6.42 Å². The second kappa shape index (κ2) is 4.13. The predicted octanol–water partition coefficient (Wildman–Crippen LogP) is 0.199. The third-order valence-electron chi connectivity index (χ3n) is 1.84. The summed E-state index contributed by atoms with van der Waals surface area (Å²) in [6.07, 6.45) is 5.71. The molecule has 0 spiro atoms. The largest absolute Gasteiger partial charge is 0.322 e. The molecule has 2 N–H and O–H groups in total. The number of piperidine rings is 1. The standard InChI is InChI=1S/C7H13N3/c8-6-9-5-7-3-1-2-4-10-7/h7,9-10H,1-5H2. The summed E-state index contributed by atoms with van der Waals surface area (Å²) >= 11 is 0. The first-order valence-electron chi connectivity index (χ1n) is 3.79. The zero-order valence-electron chi connectivity index (χ0n) is 6.06. The third-order valence-corrected chi connectivity index (χ3v) is 1.84. The van der Waals surface area contributed by atoms with Gasteiger partial charge in [-0.15, -0.1) is 0 Å². The summed E-state index contributed by atoms with van der Waals surface area (Å²) in [5, 5.41) is 14.2. The molecule has 56 valence electrons. The summed E-state index contributed by atoms with van der Waals surface area (Å²) in [5.41, 5.74) is 0. The minimum absolute atomic E-state index is 0.522. The van der Waals surface area contributed by atoms with Crippen molar-refractivity contribution >= 4 is 0 Å². The molecule has 1 saturated heterocycles. The summed E-state index contributed by atoms with van der Waals surface area (Å²) in [5.74, 6) is 0. The van der Waals surface area contributed by atoms with Crippen LogP contribution in [0.25, 0.3) is 0 Å². The van der Waals surface area contributed by atoms with Crippen LogP contribution in [0.5, 0.6) is 0 Å². The lowest BCUT2D eigenvalue weighted by molar-refractivity contribution is 0.396. The molecule has 0 aromatic heterocycles. The van der Waals surface area contributed by atoms with Gasteiger partial charge in [-0.3, -0.25) is 0 Å². The summed E-state index contributed by atoms with van der Waals surface area (Å²) in [4.78, 5) is 0.